The second kappa shape index (κ2) is 4.45. The van der Waals surface area contributed by atoms with Gasteiger partial charge in [0.15, 0.2) is 0 Å². The average molecular weight is 172 g/mol. The fourth-order valence-electron chi connectivity index (χ4n) is 0.869. The summed E-state index contributed by atoms with van der Waals surface area (Å²) in [5.74, 6) is 0.354. The van der Waals surface area contributed by atoms with E-state index >= 15 is 0 Å². The Balaban J connectivity index is 3.75. The summed E-state index contributed by atoms with van der Waals surface area (Å²) in [5, 5.41) is 2.89. The molecular formula is C9H20N2O. The number of rotatable bonds is 3. The Kier molecular flexibility index (Phi) is 4.24. The van der Waals surface area contributed by atoms with Crippen molar-refractivity contribution in [1.82, 2.24) is 5.32 Å². The molecule has 1 amide bonds. The van der Waals surface area contributed by atoms with Gasteiger partial charge in [-0.3, -0.25) is 4.79 Å². The molecule has 72 valence electrons. The van der Waals surface area contributed by atoms with E-state index in [0.29, 0.717) is 13.0 Å². The molecule has 0 saturated heterocycles. The standard InChI is InChI=1S/C9H20N2O/c1-7(6-10)5-8(12)11-9(2,3)4/h7H,5-6,10H2,1-4H3,(H,11,12). The van der Waals surface area contributed by atoms with Gasteiger partial charge in [-0.25, -0.2) is 0 Å². The zero-order valence-corrected chi connectivity index (χ0v) is 8.48. The van der Waals surface area contributed by atoms with Crippen LogP contribution in [0.1, 0.15) is 34.1 Å². The van der Waals surface area contributed by atoms with E-state index in [9.17, 15) is 4.79 Å². The Labute approximate surface area is 74.7 Å². The van der Waals surface area contributed by atoms with Crippen molar-refractivity contribution in [3.05, 3.63) is 0 Å². The first-order valence-corrected chi connectivity index (χ1v) is 4.36. The van der Waals surface area contributed by atoms with E-state index in [1.807, 2.05) is 27.7 Å². The van der Waals surface area contributed by atoms with Crippen LogP contribution in [-0.4, -0.2) is 18.0 Å². The summed E-state index contributed by atoms with van der Waals surface area (Å²) >= 11 is 0. The first kappa shape index (κ1) is 11.4. The monoisotopic (exact) mass is 172 g/mol. The molecule has 0 fully saturated rings. The molecule has 3 nitrogen and oxygen atoms in total. The average Bonchev–Trinajstić information content (AvgIpc) is 1.82. The first-order chi connectivity index (χ1) is 5.35. The second-order valence-corrected chi connectivity index (χ2v) is 4.34. The van der Waals surface area contributed by atoms with Crippen LogP contribution in [0, 0.1) is 5.92 Å². The van der Waals surface area contributed by atoms with Crippen molar-refractivity contribution in [2.75, 3.05) is 6.54 Å². The van der Waals surface area contributed by atoms with Crippen LogP contribution in [0.25, 0.3) is 0 Å². The third kappa shape index (κ3) is 6.16. The van der Waals surface area contributed by atoms with Gasteiger partial charge in [0.25, 0.3) is 0 Å². The molecule has 3 N–H and O–H groups in total. The number of hydrogen-bond donors (Lipinski definition) is 2. The van der Waals surface area contributed by atoms with Crippen molar-refractivity contribution in [3.8, 4) is 0 Å². The van der Waals surface area contributed by atoms with Gasteiger partial charge in [0.05, 0.1) is 0 Å². The minimum Gasteiger partial charge on any atom is -0.352 e. The van der Waals surface area contributed by atoms with Crippen molar-refractivity contribution in [2.45, 2.75) is 39.7 Å². The van der Waals surface area contributed by atoms with Crippen molar-refractivity contribution < 1.29 is 4.79 Å². The number of hydrogen-bond acceptors (Lipinski definition) is 2. The van der Waals surface area contributed by atoms with Gasteiger partial charge >= 0.3 is 0 Å². The molecule has 0 aliphatic rings. The summed E-state index contributed by atoms with van der Waals surface area (Å²) in [4.78, 5) is 11.3. The molecule has 0 rings (SSSR count). The van der Waals surface area contributed by atoms with Gasteiger partial charge in [-0.1, -0.05) is 6.92 Å². The fourth-order valence-corrected chi connectivity index (χ4v) is 0.869. The molecule has 0 saturated carbocycles. The Hall–Kier alpha value is -0.570. The molecule has 0 aliphatic carbocycles. The normalized spacial score (nSPS) is 14.1. The lowest BCUT2D eigenvalue weighted by Gasteiger charge is -2.21. The quantitative estimate of drug-likeness (QED) is 0.664. The smallest absolute Gasteiger partial charge is 0.220 e. The summed E-state index contributed by atoms with van der Waals surface area (Å²) in [5.41, 5.74) is 5.27. The largest absolute Gasteiger partial charge is 0.352 e. The topological polar surface area (TPSA) is 55.1 Å². The predicted octanol–water partition coefficient (Wildman–Crippen LogP) is 0.886. The molecule has 0 bridgehead atoms. The third-order valence-corrected chi connectivity index (χ3v) is 1.45. The van der Waals surface area contributed by atoms with E-state index < -0.39 is 0 Å². The maximum absolute atomic E-state index is 11.3. The number of amides is 1. The molecule has 0 radical (unpaired) electrons. The van der Waals surface area contributed by atoms with Gasteiger partial charge in [-0.2, -0.15) is 0 Å². The van der Waals surface area contributed by atoms with Gasteiger partial charge in [-0.15, -0.1) is 0 Å². The summed E-state index contributed by atoms with van der Waals surface area (Å²) in [6, 6.07) is 0. The number of carbonyl (C=O) groups is 1. The molecule has 1 unspecified atom stereocenters. The van der Waals surface area contributed by atoms with E-state index in [1.165, 1.54) is 0 Å². The maximum Gasteiger partial charge on any atom is 0.220 e. The summed E-state index contributed by atoms with van der Waals surface area (Å²) < 4.78 is 0. The van der Waals surface area contributed by atoms with Crippen LogP contribution in [0.5, 0.6) is 0 Å². The molecule has 0 aromatic carbocycles. The molecular weight excluding hydrogens is 152 g/mol. The third-order valence-electron chi connectivity index (χ3n) is 1.45. The summed E-state index contributed by atoms with van der Waals surface area (Å²) in [6.45, 7) is 8.45. The molecule has 0 aliphatic heterocycles. The number of nitrogens with two attached hydrogens (primary N) is 1. The molecule has 1 atom stereocenters. The van der Waals surface area contributed by atoms with E-state index in [1.54, 1.807) is 0 Å². The van der Waals surface area contributed by atoms with Crippen LogP contribution in [0.15, 0.2) is 0 Å². The SMILES string of the molecule is CC(CN)CC(=O)NC(C)(C)C. The minimum atomic E-state index is -0.134. The Morgan fingerprint density at radius 3 is 2.33 bits per heavy atom. The van der Waals surface area contributed by atoms with Gasteiger partial charge in [-0.05, 0) is 33.2 Å². The lowest BCUT2D eigenvalue weighted by molar-refractivity contribution is -0.123. The van der Waals surface area contributed by atoms with Crippen LogP contribution >= 0.6 is 0 Å². The van der Waals surface area contributed by atoms with Gasteiger partial charge in [0.2, 0.25) is 5.91 Å². The Bertz CT molecular complexity index is 149. The Morgan fingerprint density at radius 2 is 2.00 bits per heavy atom. The lowest BCUT2D eigenvalue weighted by Crippen LogP contribution is -2.41. The van der Waals surface area contributed by atoms with Crippen molar-refractivity contribution in [2.24, 2.45) is 11.7 Å². The molecule has 0 aromatic heterocycles. The summed E-state index contributed by atoms with van der Waals surface area (Å²) in [7, 11) is 0. The molecule has 0 heterocycles. The van der Waals surface area contributed by atoms with E-state index in [0.717, 1.165) is 0 Å². The van der Waals surface area contributed by atoms with Crippen LogP contribution < -0.4 is 11.1 Å². The van der Waals surface area contributed by atoms with Crippen LogP contribution in [0.2, 0.25) is 0 Å². The van der Waals surface area contributed by atoms with Gasteiger partial charge in [0, 0.05) is 12.0 Å². The highest BCUT2D eigenvalue weighted by molar-refractivity contribution is 5.76. The maximum atomic E-state index is 11.3. The number of carbonyl (C=O) groups excluding carboxylic acids is 1. The Morgan fingerprint density at radius 1 is 1.50 bits per heavy atom. The van der Waals surface area contributed by atoms with E-state index in [4.69, 9.17) is 5.73 Å². The highest BCUT2D eigenvalue weighted by Crippen LogP contribution is 2.03. The predicted molar refractivity (Wildman–Crippen MR) is 50.7 cm³/mol. The zero-order valence-electron chi connectivity index (χ0n) is 8.48. The van der Waals surface area contributed by atoms with Gasteiger partial charge in [0.1, 0.15) is 0 Å². The second-order valence-electron chi connectivity index (χ2n) is 4.34. The minimum absolute atomic E-state index is 0.0838. The zero-order chi connectivity index (χ0) is 9.78. The van der Waals surface area contributed by atoms with Crippen LogP contribution in [0.3, 0.4) is 0 Å². The van der Waals surface area contributed by atoms with Crippen molar-refractivity contribution >= 4 is 5.91 Å². The van der Waals surface area contributed by atoms with Crippen LogP contribution in [-0.2, 0) is 4.79 Å². The first-order valence-electron chi connectivity index (χ1n) is 4.36. The molecule has 12 heavy (non-hydrogen) atoms. The molecule has 0 aromatic rings. The highest BCUT2D eigenvalue weighted by atomic mass is 16.1. The molecule has 0 spiro atoms. The van der Waals surface area contributed by atoms with Gasteiger partial charge < -0.3 is 11.1 Å². The highest BCUT2D eigenvalue weighted by Gasteiger charge is 2.14. The van der Waals surface area contributed by atoms with Crippen molar-refractivity contribution in [1.29, 1.82) is 0 Å². The lowest BCUT2D eigenvalue weighted by atomic mass is 10.1. The molecule has 3 heteroatoms. The van der Waals surface area contributed by atoms with E-state index in [2.05, 4.69) is 5.32 Å². The van der Waals surface area contributed by atoms with Crippen molar-refractivity contribution in [3.63, 3.8) is 0 Å². The number of nitrogens with one attached hydrogen (secondary N) is 1. The van der Waals surface area contributed by atoms with Crippen LogP contribution in [0.4, 0.5) is 0 Å². The van der Waals surface area contributed by atoms with E-state index in [-0.39, 0.29) is 17.4 Å². The summed E-state index contributed by atoms with van der Waals surface area (Å²) in [6.07, 6.45) is 0.522. The fraction of sp³-hybridized carbons (Fsp3) is 0.889.